The smallest absolute Gasteiger partial charge is 0.251 e. The molecule has 5 heteroatoms. The summed E-state index contributed by atoms with van der Waals surface area (Å²) in [6, 6.07) is 3.85. The standard InChI is InChI=1S/C11H12FNO3/c1-7(14)6-13-11(15)8-3-4-10(16-2)9(12)5-8/h3-5H,6H2,1-2H3,(H,13,15). The highest BCUT2D eigenvalue weighted by molar-refractivity contribution is 5.96. The van der Waals surface area contributed by atoms with Crippen LogP contribution in [0.2, 0.25) is 0 Å². The molecule has 0 unspecified atom stereocenters. The van der Waals surface area contributed by atoms with Gasteiger partial charge in [-0.05, 0) is 25.1 Å². The first-order valence-corrected chi connectivity index (χ1v) is 4.65. The van der Waals surface area contributed by atoms with Crippen LogP contribution < -0.4 is 10.1 Å². The van der Waals surface area contributed by atoms with E-state index >= 15 is 0 Å². The van der Waals surface area contributed by atoms with E-state index in [0.29, 0.717) is 0 Å². The van der Waals surface area contributed by atoms with Crippen LogP contribution in [0.15, 0.2) is 18.2 Å². The fraction of sp³-hybridized carbons (Fsp3) is 0.273. The maximum absolute atomic E-state index is 13.2. The Kier molecular flexibility index (Phi) is 3.99. The van der Waals surface area contributed by atoms with Crippen LogP contribution in [0.3, 0.4) is 0 Å². The number of ketones is 1. The number of hydrogen-bond donors (Lipinski definition) is 1. The number of amides is 1. The lowest BCUT2D eigenvalue weighted by molar-refractivity contribution is -0.116. The van der Waals surface area contributed by atoms with E-state index in [1.807, 2.05) is 0 Å². The molecule has 1 amide bonds. The third-order valence-electron chi connectivity index (χ3n) is 1.91. The zero-order valence-corrected chi connectivity index (χ0v) is 9.04. The van der Waals surface area contributed by atoms with Gasteiger partial charge in [-0.25, -0.2) is 4.39 Å². The average Bonchev–Trinajstić information content (AvgIpc) is 2.25. The van der Waals surface area contributed by atoms with Crippen LogP contribution in [0.25, 0.3) is 0 Å². The number of Topliss-reactive ketones (excluding diaryl/α,β-unsaturated/α-hetero) is 1. The SMILES string of the molecule is COc1ccc(C(=O)NCC(C)=O)cc1F. The van der Waals surface area contributed by atoms with E-state index in [1.54, 1.807) is 0 Å². The Hall–Kier alpha value is -1.91. The summed E-state index contributed by atoms with van der Waals surface area (Å²) >= 11 is 0. The van der Waals surface area contributed by atoms with Crippen molar-refractivity contribution in [3.63, 3.8) is 0 Å². The predicted octanol–water partition coefficient (Wildman–Crippen LogP) is 1.15. The van der Waals surface area contributed by atoms with Gasteiger partial charge in [-0.3, -0.25) is 9.59 Å². The van der Waals surface area contributed by atoms with Crippen molar-refractivity contribution in [2.24, 2.45) is 0 Å². The van der Waals surface area contributed by atoms with E-state index in [9.17, 15) is 14.0 Å². The monoisotopic (exact) mass is 225 g/mol. The van der Waals surface area contributed by atoms with Crippen molar-refractivity contribution in [2.75, 3.05) is 13.7 Å². The molecule has 0 aliphatic rings. The third-order valence-corrected chi connectivity index (χ3v) is 1.91. The van der Waals surface area contributed by atoms with Gasteiger partial charge in [0.25, 0.3) is 5.91 Å². The highest BCUT2D eigenvalue weighted by Crippen LogP contribution is 2.17. The lowest BCUT2D eigenvalue weighted by Gasteiger charge is -2.05. The van der Waals surface area contributed by atoms with Gasteiger partial charge in [-0.1, -0.05) is 0 Å². The lowest BCUT2D eigenvalue weighted by Crippen LogP contribution is -2.28. The molecule has 0 spiro atoms. The van der Waals surface area contributed by atoms with Gasteiger partial charge in [0, 0.05) is 5.56 Å². The normalized spacial score (nSPS) is 9.69. The van der Waals surface area contributed by atoms with Crippen LogP contribution in [-0.2, 0) is 4.79 Å². The minimum absolute atomic E-state index is 0.0630. The van der Waals surface area contributed by atoms with E-state index in [-0.39, 0.29) is 23.6 Å². The fourth-order valence-electron chi connectivity index (χ4n) is 1.11. The highest BCUT2D eigenvalue weighted by atomic mass is 19.1. The van der Waals surface area contributed by atoms with E-state index in [4.69, 9.17) is 4.74 Å². The van der Waals surface area contributed by atoms with Gasteiger partial charge in [0.2, 0.25) is 0 Å². The molecule has 0 aromatic heterocycles. The topological polar surface area (TPSA) is 55.4 Å². The molecular formula is C11H12FNO3. The van der Waals surface area contributed by atoms with E-state index in [2.05, 4.69) is 5.32 Å². The minimum Gasteiger partial charge on any atom is -0.494 e. The Balaban J connectivity index is 2.77. The predicted molar refractivity (Wildman–Crippen MR) is 56.0 cm³/mol. The first kappa shape index (κ1) is 12.2. The summed E-state index contributed by atoms with van der Waals surface area (Å²) in [6.45, 7) is 1.29. The molecule has 0 saturated carbocycles. The van der Waals surface area contributed by atoms with Crippen molar-refractivity contribution in [3.8, 4) is 5.75 Å². The van der Waals surface area contributed by atoms with Crippen molar-refractivity contribution in [2.45, 2.75) is 6.92 Å². The Bertz CT molecular complexity index is 418. The molecule has 0 bridgehead atoms. The summed E-state index contributed by atoms with van der Waals surface area (Å²) in [7, 11) is 1.34. The second-order valence-corrected chi connectivity index (χ2v) is 3.23. The zero-order chi connectivity index (χ0) is 12.1. The van der Waals surface area contributed by atoms with Gasteiger partial charge in [-0.2, -0.15) is 0 Å². The Morgan fingerprint density at radius 2 is 2.12 bits per heavy atom. The summed E-state index contributed by atoms with van der Waals surface area (Å²) in [4.78, 5) is 22.1. The van der Waals surface area contributed by atoms with Crippen LogP contribution in [0.1, 0.15) is 17.3 Å². The maximum atomic E-state index is 13.2. The first-order chi connectivity index (χ1) is 7.54. The van der Waals surface area contributed by atoms with Crippen molar-refractivity contribution >= 4 is 11.7 Å². The number of hydrogen-bond acceptors (Lipinski definition) is 3. The van der Waals surface area contributed by atoms with Crippen molar-refractivity contribution in [3.05, 3.63) is 29.6 Å². The summed E-state index contributed by atoms with van der Waals surface area (Å²) < 4.78 is 18.0. The number of rotatable bonds is 4. The molecule has 1 N–H and O–H groups in total. The van der Waals surface area contributed by atoms with Crippen molar-refractivity contribution in [1.82, 2.24) is 5.32 Å². The lowest BCUT2D eigenvalue weighted by atomic mass is 10.2. The molecule has 16 heavy (non-hydrogen) atoms. The van der Waals surface area contributed by atoms with Crippen LogP contribution in [0.5, 0.6) is 5.75 Å². The molecule has 0 fully saturated rings. The van der Waals surface area contributed by atoms with Crippen LogP contribution in [0, 0.1) is 5.82 Å². The molecule has 0 aliphatic heterocycles. The van der Waals surface area contributed by atoms with Crippen molar-refractivity contribution in [1.29, 1.82) is 0 Å². The zero-order valence-electron chi connectivity index (χ0n) is 9.04. The highest BCUT2D eigenvalue weighted by Gasteiger charge is 2.09. The minimum atomic E-state index is -0.613. The largest absolute Gasteiger partial charge is 0.494 e. The average molecular weight is 225 g/mol. The number of carbonyl (C=O) groups excluding carboxylic acids is 2. The van der Waals surface area contributed by atoms with E-state index in [0.717, 1.165) is 6.07 Å². The van der Waals surface area contributed by atoms with Crippen molar-refractivity contribution < 1.29 is 18.7 Å². The fourth-order valence-corrected chi connectivity index (χ4v) is 1.11. The van der Waals surface area contributed by atoms with E-state index in [1.165, 1.54) is 26.2 Å². The number of ether oxygens (including phenoxy) is 1. The van der Waals surface area contributed by atoms with Gasteiger partial charge < -0.3 is 10.1 Å². The Morgan fingerprint density at radius 3 is 2.62 bits per heavy atom. The van der Waals surface area contributed by atoms with Crippen LogP contribution in [-0.4, -0.2) is 25.3 Å². The molecule has 1 rings (SSSR count). The molecule has 1 aromatic carbocycles. The third kappa shape index (κ3) is 3.05. The number of methoxy groups -OCH3 is 1. The number of halogens is 1. The van der Waals surface area contributed by atoms with E-state index < -0.39 is 11.7 Å². The molecule has 0 heterocycles. The van der Waals surface area contributed by atoms with Gasteiger partial charge >= 0.3 is 0 Å². The number of carbonyl (C=O) groups is 2. The number of benzene rings is 1. The van der Waals surface area contributed by atoms with Crippen LogP contribution in [0.4, 0.5) is 4.39 Å². The molecule has 0 atom stereocenters. The quantitative estimate of drug-likeness (QED) is 0.836. The molecule has 1 aromatic rings. The Morgan fingerprint density at radius 1 is 1.44 bits per heavy atom. The van der Waals surface area contributed by atoms with Gasteiger partial charge in [0.05, 0.1) is 13.7 Å². The van der Waals surface area contributed by atoms with Gasteiger partial charge in [-0.15, -0.1) is 0 Å². The maximum Gasteiger partial charge on any atom is 0.251 e. The van der Waals surface area contributed by atoms with Gasteiger partial charge in [0.15, 0.2) is 11.6 Å². The summed E-state index contributed by atoms with van der Waals surface area (Å²) in [5, 5.41) is 2.37. The summed E-state index contributed by atoms with van der Waals surface area (Å²) in [5.74, 6) is -1.19. The molecule has 0 aliphatic carbocycles. The number of nitrogens with one attached hydrogen (secondary N) is 1. The van der Waals surface area contributed by atoms with Gasteiger partial charge in [0.1, 0.15) is 5.78 Å². The second kappa shape index (κ2) is 5.25. The molecular weight excluding hydrogens is 213 g/mol. The molecule has 86 valence electrons. The molecule has 4 nitrogen and oxygen atoms in total. The second-order valence-electron chi connectivity index (χ2n) is 3.23. The van der Waals surface area contributed by atoms with Crippen LogP contribution >= 0.6 is 0 Å². The Labute approximate surface area is 92.4 Å². The molecule has 0 radical (unpaired) electrons. The summed E-state index contributed by atoms with van der Waals surface area (Å²) in [5.41, 5.74) is 0.152. The first-order valence-electron chi connectivity index (χ1n) is 4.65. The molecule has 0 saturated heterocycles. The summed E-state index contributed by atoms with van der Waals surface area (Å²) in [6.07, 6.45) is 0.